The highest BCUT2D eigenvalue weighted by Gasteiger charge is 2.33. The molecule has 0 saturated carbocycles. The standard InChI is InChI=1S/C14H25N3/c1-13(2,3)6-8-17-11-16-9-12(17)14(4)5-7-15-10-14/h9,11,15H,5-8,10H2,1-4H3. The number of hydrogen-bond acceptors (Lipinski definition) is 2. The quantitative estimate of drug-likeness (QED) is 0.872. The number of nitrogens with one attached hydrogen (secondary N) is 1. The summed E-state index contributed by atoms with van der Waals surface area (Å²) >= 11 is 0. The number of rotatable bonds is 3. The van der Waals surface area contributed by atoms with Crippen LogP contribution < -0.4 is 5.32 Å². The number of nitrogens with zero attached hydrogens (tertiary/aromatic N) is 2. The van der Waals surface area contributed by atoms with Crippen LogP contribution in [0.15, 0.2) is 12.5 Å². The van der Waals surface area contributed by atoms with Gasteiger partial charge in [-0.15, -0.1) is 0 Å². The molecule has 1 saturated heterocycles. The lowest BCUT2D eigenvalue weighted by molar-refractivity contribution is 0.340. The minimum absolute atomic E-state index is 0.272. The maximum Gasteiger partial charge on any atom is 0.0948 e. The molecular weight excluding hydrogens is 210 g/mol. The van der Waals surface area contributed by atoms with Gasteiger partial charge in [0, 0.05) is 30.4 Å². The lowest BCUT2D eigenvalue weighted by Crippen LogP contribution is -2.28. The topological polar surface area (TPSA) is 29.9 Å². The highest BCUT2D eigenvalue weighted by Crippen LogP contribution is 2.30. The molecule has 0 amide bonds. The summed E-state index contributed by atoms with van der Waals surface area (Å²) in [6, 6.07) is 0. The van der Waals surface area contributed by atoms with Crippen LogP contribution in [0.25, 0.3) is 0 Å². The minimum Gasteiger partial charge on any atom is -0.334 e. The van der Waals surface area contributed by atoms with Crippen LogP contribution in [0, 0.1) is 5.41 Å². The number of imidazole rings is 1. The van der Waals surface area contributed by atoms with E-state index in [1.807, 2.05) is 6.33 Å². The van der Waals surface area contributed by atoms with Crippen molar-refractivity contribution < 1.29 is 0 Å². The fraction of sp³-hybridized carbons (Fsp3) is 0.786. The van der Waals surface area contributed by atoms with Crippen molar-refractivity contribution in [3.05, 3.63) is 18.2 Å². The van der Waals surface area contributed by atoms with Crippen LogP contribution in [0.3, 0.4) is 0 Å². The molecule has 1 fully saturated rings. The molecule has 1 unspecified atom stereocenters. The number of aryl methyl sites for hydroxylation is 1. The summed E-state index contributed by atoms with van der Waals surface area (Å²) in [5, 5.41) is 3.46. The lowest BCUT2D eigenvalue weighted by Gasteiger charge is -2.26. The summed E-state index contributed by atoms with van der Waals surface area (Å²) in [5.74, 6) is 0. The Bertz CT molecular complexity index is 367. The van der Waals surface area contributed by atoms with E-state index in [0.29, 0.717) is 5.41 Å². The molecule has 0 bridgehead atoms. The van der Waals surface area contributed by atoms with Crippen LogP contribution >= 0.6 is 0 Å². The predicted molar refractivity (Wildman–Crippen MR) is 71.1 cm³/mol. The van der Waals surface area contributed by atoms with E-state index in [1.54, 1.807) is 0 Å². The normalized spacial score (nSPS) is 25.4. The van der Waals surface area contributed by atoms with Crippen LogP contribution in [-0.2, 0) is 12.0 Å². The van der Waals surface area contributed by atoms with Crippen LogP contribution in [0.2, 0.25) is 0 Å². The van der Waals surface area contributed by atoms with Crippen molar-refractivity contribution in [2.45, 2.75) is 52.5 Å². The van der Waals surface area contributed by atoms with Crippen LogP contribution in [-0.4, -0.2) is 22.6 Å². The third-order valence-electron chi connectivity index (χ3n) is 3.80. The van der Waals surface area contributed by atoms with Crippen molar-refractivity contribution in [3.63, 3.8) is 0 Å². The molecule has 2 rings (SSSR count). The lowest BCUT2D eigenvalue weighted by atomic mass is 9.86. The second kappa shape index (κ2) is 4.45. The molecule has 1 aromatic heterocycles. The van der Waals surface area contributed by atoms with E-state index in [-0.39, 0.29) is 5.41 Å². The van der Waals surface area contributed by atoms with Gasteiger partial charge in [0.15, 0.2) is 0 Å². The SMILES string of the molecule is CC(C)(C)CCn1cncc1C1(C)CCNC1. The summed E-state index contributed by atoms with van der Waals surface area (Å²) in [4.78, 5) is 4.35. The molecule has 0 aliphatic carbocycles. The molecule has 1 aliphatic rings. The molecule has 1 aromatic rings. The predicted octanol–water partition coefficient (Wildman–Crippen LogP) is 2.57. The Kier molecular flexibility index (Phi) is 3.30. The first-order valence-electron chi connectivity index (χ1n) is 6.62. The summed E-state index contributed by atoms with van der Waals surface area (Å²) in [6.07, 6.45) is 6.45. The summed E-state index contributed by atoms with van der Waals surface area (Å²) < 4.78 is 2.35. The van der Waals surface area contributed by atoms with E-state index in [0.717, 1.165) is 19.6 Å². The average Bonchev–Trinajstić information content (AvgIpc) is 2.82. The van der Waals surface area contributed by atoms with E-state index in [2.05, 4.69) is 48.8 Å². The molecule has 17 heavy (non-hydrogen) atoms. The van der Waals surface area contributed by atoms with Crippen molar-refractivity contribution in [1.29, 1.82) is 0 Å². The van der Waals surface area contributed by atoms with Crippen LogP contribution in [0.5, 0.6) is 0 Å². The number of aromatic nitrogens is 2. The molecule has 0 aromatic carbocycles. The number of hydrogen-bond donors (Lipinski definition) is 1. The zero-order chi connectivity index (χ0) is 12.5. The van der Waals surface area contributed by atoms with E-state index >= 15 is 0 Å². The van der Waals surface area contributed by atoms with Gasteiger partial charge in [-0.3, -0.25) is 0 Å². The first kappa shape index (κ1) is 12.6. The van der Waals surface area contributed by atoms with Gasteiger partial charge in [0.2, 0.25) is 0 Å². The van der Waals surface area contributed by atoms with Gasteiger partial charge in [-0.25, -0.2) is 4.98 Å². The Hall–Kier alpha value is -0.830. The molecule has 1 aliphatic heterocycles. The fourth-order valence-corrected chi connectivity index (χ4v) is 2.49. The van der Waals surface area contributed by atoms with Crippen molar-refractivity contribution in [3.8, 4) is 0 Å². The van der Waals surface area contributed by atoms with E-state index in [1.165, 1.54) is 18.5 Å². The zero-order valence-corrected chi connectivity index (χ0v) is 11.6. The van der Waals surface area contributed by atoms with Crippen molar-refractivity contribution in [2.75, 3.05) is 13.1 Å². The molecule has 2 heterocycles. The Morgan fingerprint density at radius 3 is 2.82 bits per heavy atom. The Labute approximate surface area is 105 Å². The van der Waals surface area contributed by atoms with E-state index in [4.69, 9.17) is 0 Å². The summed E-state index contributed by atoms with van der Waals surface area (Å²) in [7, 11) is 0. The van der Waals surface area contributed by atoms with Gasteiger partial charge >= 0.3 is 0 Å². The first-order chi connectivity index (χ1) is 7.91. The molecule has 1 N–H and O–H groups in total. The molecule has 96 valence electrons. The second-order valence-corrected chi connectivity index (χ2v) is 6.77. The van der Waals surface area contributed by atoms with Gasteiger partial charge in [-0.05, 0) is 24.8 Å². The highest BCUT2D eigenvalue weighted by atomic mass is 15.1. The van der Waals surface area contributed by atoms with Gasteiger partial charge < -0.3 is 9.88 Å². The van der Waals surface area contributed by atoms with Crippen LogP contribution in [0.1, 0.15) is 46.2 Å². The minimum atomic E-state index is 0.272. The monoisotopic (exact) mass is 235 g/mol. The van der Waals surface area contributed by atoms with Crippen molar-refractivity contribution in [1.82, 2.24) is 14.9 Å². The van der Waals surface area contributed by atoms with Gasteiger partial charge in [-0.1, -0.05) is 27.7 Å². The third-order valence-corrected chi connectivity index (χ3v) is 3.80. The molecule has 0 radical (unpaired) electrons. The summed E-state index contributed by atoms with van der Waals surface area (Å²) in [5.41, 5.74) is 2.05. The Morgan fingerprint density at radius 1 is 1.47 bits per heavy atom. The van der Waals surface area contributed by atoms with Gasteiger partial charge in [0.05, 0.1) is 6.33 Å². The Balaban J connectivity index is 2.11. The average molecular weight is 235 g/mol. The molecule has 3 heteroatoms. The molecule has 0 spiro atoms. The Morgan fingerprint density at radius 2 is 2.24 bits per heavy atom. The van der Waals surface area contributed by atoms with Gasteiger partial charge in [0.1, 0.15) is 0 Å². The maximum atomic E-state index is 4.35. The van der Waals surface area contributed by atoms with Crippen molar-refractivity contribution >= 4 is 0 Å². The van der Waals surface area contributed by atoms with Gasteiger partial charge in [-0.2, -0.15) is 0 Å². The molecule has 3 nitrogen and oxygen atoms in total. The highest BCUT2D eigenvalue weighted by molar-refractivity contribution is 5.17. The second-order valence-electron chi connectivity index (χ2n) is 6.77. The van der Waals surface area contributed by atoms with E-state index in [9.17, 15) is 0 Å². The first-order valence-corrected chi connectivity index (χ1v) is 6.62. The molecule has 1 atom stereocenters. The smallest absolute Gasteiger partial charge is 0.0948 e. The fourth-order valence-electron chi connectivity index (χ4n) is 2.49. The summed E-state index contributed by atoms with van der Waals surface area (Å²) in [6.45, 7) is 12.5. The van der Waals surface area contributed by atoms with E-state index < -0.39 is 0 Å². The maximum absolute atomic E-state index is 4.35. The zero-order valence-electron chi connectivity index (χ0n) is 11.6. The molecular formula is C14H25N3. The van der Waals surface area contributed by atoms with Crippen LogP contribution in [0.4, 0.5) is 0 Å². The third kappa shape index (κ3) is 2.89. The van der Waals surface area contributed by atoms with Gasteiger partial charge in [0.25, 0.3) is 0 Å². The largest absolute Gasteiger partial charge is 0.334 e. The van der Waals surface area contributed by atoms with Crippen molar-refractivity contribution in [2.24, 2.45) is 5.41 Å².